The van der Waals surface area contributed by atoms with Gasteiger partial charge >= 0.3 is 0 Å². The summed E-state index contributed by atoms with van der Waals surface area (Å²) in [5.41, 5.74) is 2.74. The first-order valence-electron chi connectivity index (χ1n) is 7.58. The predicted molar refractivity (Wildman–Crippen MR) is 91.6 cm³/mol. The van der Waals surface area contributed by atoms with Crippen molar-refractivity contribution < 1.29 is 0 Å². The fourth-order valence-corrected chi connectivity index (χ4v) is 2.54. The van der Waals surface area contributed by atoms with Crippen LogP contribution in [0.4, 0.5) is 0 Å². The molecule has 0 radical (unpaired) electrons. The van der Waals surface area contributed by atoms with E-state index in [1.807, 2.05) is 13.8 Å². The normalized spacial score (nSPS) is 10.7. The molecule has 0 amide bonds. The summed E-state index contributed by atoms with van der Waals surface area (Å²) < 4.78 is 0. The Bertz CT molecular complexity index is 721. The van der Waals surface area contributed by atoms with E-state index < -0.39 is 0 Å². The molecule has 3 aromatic rings. The summed E-state index contributed by atoms with van der Waals surface area (Å²) >= 11 is 0. The van der Waals surface area contributed by atoms with Crippen molar-refractivity contribution in [1.29, 1.82) is 0 Å². The zero-order chi connectivity index (χ0) is 14.7. The topological polar surface area (TPSA) is 0 Å². The largest absolute Gasteiger partial charge is 0.0683 e. The van der Waals surface area contributed by atoms with Gasteiger partial charge in [0.2, 0.25) is 0 Å². The molecule has 0 N–H and O–H groups in total. The van der Waals surface area contributed by atoms with Crippen LogP contribution in [0.25, 0.3) is 21.5 Å². The molecule has 0 aromatic heterocycles. The maximum Gasteiger partial charge on any atom is -0.0102 e. The third-order valence-corrected chi connectivity index (χ3v) is 3.69. The van der Waals surface area contributed by atoms with Gasteiger partial charge < -0.3 is 0 Å². The second kappa shape index (κ2) is 6.09. The van der Waals surface area contributed by atoms with Gasteiger partial charge in [0.05, 0.1) is 0 Å². The molecule has 0 heterocycles. The maximum atomic E-state index is 2.35. The van der Waals surface area contributed by atoms with Crippen LogP contribution in [0.15, 0.2) is 48.5 Å². The molecule has 0 spiro atoms. The molecule has 0 unspecified atom stereocenters. The molecule has 0 fully saturated rings. The Morgan fingerprint density at radius 2 is 1.20 bits per heavy atom. The zero-order valence-corrected chi connectivity index (χ0v) is 13.2. The third kappa shape index (κ3) is 2.70. The molecule has 3 aromatic carbocycles. The van der Waals surface area contributed by atoms with Gasteiger partial charge in [0.15, 0.2) is 0 Å². The summed E-state index contributed by atoms with van der Waals surface area (Å²) in [5.74, 6) is 0.578. The van der Waals surface area contributed by atoms with Crippen molar-refractivity contribution in [2.24, 2.45) is 0 Å². The first kappa shape index (κ1) is 14.6. The highest BCUT2D eigenvalue weighted by molar-refractivity contribution is 6.07. The smallest absolute Gasteiger partial charge is 0.0102 e. The Morgan fingerprint density at radius 1 is 0.700 bits per heavy atom. The quantitative estimate of drug-likeness (QED) is 0.443. The van der Waals surface area contributed by atoms with Gasteiger partial charge in [-0.1, -0.05) is 81.8 Å². The summed E-state index contributed by atoms with van der Waals surface area (Å²) in [4.78, 5) is 0. The van der Waals surface area contributed by atoms with Crippen LogP contribution >= 0.6 is 0 Å². The van der Waals surface area contributed by atoms with Crippen molar-refractivity contribution in [2.45, 2.75) is 40.5 Å². The van der Waals surface area contributed by atoms with Crippen molar-refractivity contribution in [3.8, 4) is 0 Å². The SMILES string of the molecule is CC.Cc1ccc2ccc3ccc(C(C)C)cc3c2c1. The average Bonchev–Trinajstić information content (AvgIpc) is 2.48. The molecule has 0 nitrogen and oxygen atoms in total. The van der Waals surface area contributed by atoms with Gasteiger partial charge in [0.25, 0.3) is 0 Å². The van der Waals surface area contributed by atoms with Gasteiger partial charge in [-0.25, -0.2) is 0 Å². The standard InChI is InChI=1S/C18H18.C2H6/c1-12(2)16-9-8-15-7-6-14-5-4-13(3)10-17(14)18(15)11-16;1-2/h4-12H,1-3H3;1-2H3. The summed E-state index contributed by atoms with van der Waals surface area (Å²) in [7, 11) is 0. The Balaban J connectivity index is 0.000000704. The highest BCUT2D eigenvalue weighted by Gasteiger charge is 2.04. The number of rotatable bonds is 1. The van der Waals surface area contributed by atoms with E-state index in [1.54, 1.807) is 0 Å². The highest BCUT2D eigenvalue weighted by Crippen LogP contribution is 2.29. The lowest BCUT2D eigenvalue weighted by atomic mass is 9.95. The minimum atomic E-state index is 0.578. The van der Waals surface area contributed by atoms with Crippen molar-refractivity contribution in [2.75, 3.05) is 0 Å². The van der Waals surface area contributed by atoms with Crippen LogP contribution in [-0.4, -0.2) is 0 Å². The Labute approximate surface area is 122 Å². The third-order valence-electron chi connectivity index (χ3n) is 3.69. The minimum absolute atomic E-state index is 0.578. The predicted octanol–water partition coefficient (Wildman–Crippen LogP) is 6.45. The summed E-state index contributed by atoms with van der Waals surface area (Å²) in [6, 6.07) is 18.0. The van der Waals surface area contributed by atoms with E-state index in [2.05, 4.69) is 69.3 Å². The molecule has 0 bridgehead atoms. The lowest BCUT2D eigenvalue weighted by Gasteiger charge is -2.09. The van der Waals surface area contributed by atoms with Gasteiger partial charge in [0.1, 0.15) is 0 Å². The molecule has 0 aliphatic carbocycles. The lowest BCUT2D eigenvalue weighted by molar-refractivity contribution is 0.869. The second-order valence-corrected chi connectivity index (χ2v) is 5.43. The number of fused-ring (bicyclic) bond motifs is 3. The van der Waals surface area contributed by atoms with Crippen LogP contribution in [0.1, 0.15) is 44.7 Å². The number of hydrogen-bond donors (Lipinski definition) is 0. The van der Waals surface area contributed by atoms with E-state index in [4.69, 9.17) is 0 Å². The average molecular weight is 264 g/mol. The lowest BCUT2D eigenvalue weighted by Crippen LogP contribution is -1.87. The molecular formula is C20H24. The van der Waals surface area contributed by atoms with Crippen LogP contribution in [0.5, 0.6) is 0 Å². The van der Waals surface area contributed by atoms with E-state index in [1.165, 1.54) is 32.7 Å². The first-order valence-corrected chi connectivity index (χ1v) is 7.58. The molecule has 0 aliphatic heterocycles. The molecule has 0 aliphatic rings. The van der Waals surface area contributed by atoms with Crippen molar-refractivity contribution in [1.82, 2.24) is 0 Å². The summed E-state index contributed by atoms with van der Waals surface area (Å²) in [6.45, 7) is 10.7. The van der Waals surface area contributed by atoms with E-state index >= 15 is 0 Å². The van der Waals surface area contributed by atoms with Crippen LogP contribution in [0.2, 0.25) is 0 Å². The summed E-state index contributed by atoms with van der Waals surface area (Å²) in [5, 5.41) is 5.41. The van der Waals surface area contributed by atoms with Gasteiger partial charge in [-0.2, -0.15) is 0 Å². The van der Waals surface area contributed by atoms with Crippen molar-refractivity contribution in [3.63, 3.8) is 0 Å². The van der Waals surface area contributed by atoms with Gasteiger partial charge in [-0.15, -0.1) is 0 Å². The Hall–Kier alpha value is -1.82. The molecular weight excluding hydrogens is 240 g/mol. The summed E-state index contributed by atoms with van der Waals surface area (Å²) in [6.07, 6.45) is 0. The Kier molecular flexibility index (Phi) is 4.44. The molecule has 104 valence electrons. The molecule has 20 heavy (non-hydrogen) atoms. The van der Waals surface area contributed by atoms with Crippen LogP contribution in [-0.2, 0) is 0 Å². The van der Waals surface area contributed by atoms with Crippen molar-refractivity contribution >= 4 is 21.5 Å². The molecule has 0 heteroatoms. The molecule has 0 saturated carbocycles. The monoisotopic (exact) mass is 264 g/mol. The van der Waals surface area contributed by atoms with Gasteiger partial charge in [-0.3, -0.25) is 0 Å². The second-order valence-electron chi connectivity index (χ2n) is 5.43. The fourth-order valence-electron chi connectivity index (χ4n) is 2.54. The van der Waals surface area contributed by atoms with Crippen molar-refractivity contribution in [3.05, 3.63) is 59.7 Å². The highest BCUT2D eigenvalue weighted by atomic mass is 14.1. The molecule has 3 rings (SSSR count). The number of aryl methyl sites for hydroxylation is 1. The van der Waals surface area contributed by atoms with E-state index in [0.29, 0.717) is 5.92 Å². The minimum Gasteiger partial charge on any atom is -0.0683 e. The number of benzene rings is 3. The first-order chi connectivity index (χ1) is 9.65. The van der Waals surface area contributed by atoms with Crippen LogP contribution in [0, 0.1) is 6.92 Å². The van der Waals surface area contributed by atoms with Crippen LogP contribution < -0.4 is 0 Å². The van der Waals surface area contributed by atoms with E-state index in [0.717, 1.165) is 0 Å². The maximum absolute atomic E-state index is 2.35. The fraction of sp³-hybridized carbons (Fsp3) is 0.300. The van der Waals surface area contributed by atoms with Gasteiger partial charge in [-0.05, 0) is 39.9 Å². The van der Waals surface area contributed by atoms with Crippen LogP contribution in [0.3, 0.4) is 0 Å². The van der Waals surface area contributed by atoms with E-state index in [-0.39, 0.29) is 0 Å². The zero-order valence-electron chi connectivity index (χ0n) is 13.2. The van der Waals surface area contributed by atoms with E-state index in [9.17, 15) is 0 Å². The molecule has 0 atom stereocenters. The Morgan fingerprint density at radius 3 is 1.80 bits per heavy atom. The molecule has 0 saturated heterocycles. The van der Waals surface area contributed by atoms with Gasteiger partial charge in [0, 0.05) is 0 Å². The number of hydrogen-bond acceptors (Lipinski definition) is 0.